The molecule has 0 saturated heterocycles. The van der Waals surface area contributed by atoms with Crippen molar-refractivity contribution in [3.05, 3.63) is 60.2 Å². The number of benzene rings is 1. The Hall–Kier alpha value is -2.27. The van der Waals surface area contributed by atoms with E-state index in [1.54, 1.807) is 12.4 Å². The number of nitrogens with two attached hydrogens (primary N) is 1. The lowest BCUT2D eigenvalue weighted by Crippen LogP contribution is -2.34. The fraction of sp³-hybridized carbons (Fsp3) is 0.214. The van der Waals surface area contributed by atoms with Crippen molar-refractivity contribution in [2.24, 2.45) is 5.73 Å². The zero-order valence-electron chi connectivity index (χ0n) is 10.4. The fourth-order valence-corrected chi connectivity index (χ4v) is 1.61. The highest BCUT2D eigenvalue weighted by Gasteiger charge is 2.15. The van der Waals surface area contributed by atoms with Crippen molar-refractivity contribution in [3.8, 4) is 0 Å². The minimum Gasteiger partial charge on any atom is -0.460 e. The number of aromatic nitrogens is 2. The monoisotopic (exact) mass is 257 g/mol. The molecule has 1 aromatic carbocycles. The fourth-order valence-electron chi connectivity index (χ4n) is 1.61. The Morgan fingerprint density at radius 2 is 1.84 bits per heavy atom. The van der Waals surface area contributed by atoms with Gasteiger partial charge in [-0.3, -0.25) is 4.79 Å². The maximum Gasteiger partial charge on any atom is 0.323 e. The Bertz CT molecular complexity index is 517. The van der Waals surface area contributed by atoms with E-state index in [0.717, 1.165) is 11.1 Å². The van der Waals surface area contributed by atoms with Crippen LogP contribution in [-0.4, -0.2) is 22.0 Å². The summed E-state index contributed by atoms with van der Waals surface area (Å²) < 4.78 is 5.16. The zero-order chi connectivity index (χ0) is 13.5. The van der Waals surface area contributed by atoms with Crippen LogP contribution in [0.4, 0.5) is 0 Å². The van der Waals surface area contributed by atoms with E-state index < -0.39 is 12.0 Å². The first-order chi connectivity index (χ1) is 9.25. The summed E-state index contributed by atoms with van der Waals surface area (Å²) in [6.45, 7) is 0.235. The van der Waals surface area contributed by atoms with Gasteiger partial charge in [0.25, 0.3) is 0 Å². The van der Waals surface area contributed by atoms with Crippen LogP contribution in [0.2, 0.25) is 0 Å². The van der Waals surface area contributed by atoms with Gasteiger partial charge in [0.05, 0.1) is 0 Å². The quantitative estimate of drug-likeness (QED) is 0.811. The summed E-state index contributed by atoms with van der Waals surface area (Å²) in [7, 11) is 0. The van der Waals surface area contributed by atoms with Crippen LogP contribution in [-0.2, 0) is 22.6 Å². The largest absolute Gasteiger partial charge is 0.460 e. The van der Waals surface area contributed by atoms with Gasteiger partial charge in [-0.1, -0.05) is 30.3 Å². The summed E-state index contributed by atoms with van der Waals surface area (Å²) in [5.74, 6) is -0.423. The Kier molecular flexibility index (Phi) is 4.58. The maximum atomic E-state index is 11.7. The van der Waals surface area contributed by atoms with Crippen LogP contribution < -0.4 is 5.73 Å². The normalized spacial score (nSPS) is 11.8. The number of rotatable bonds is 5. The van der Waals surface area contributed by atoms with Crippen molar-refractivity contribution >= 4 is 5.97 Å². The van der Waals surface area contributed by atoms with Gasteiger partial charge >= 0.3 is 5.97 Å². The first-order valence-electron chi connectivity index (χ1n) is 5.96. The molecule has 0 saturated carbocycles. The van der Waals surface area contributed by atoms with Gasteiger partial charge in [0.1, 0.15) is 19.0 Å². The molecule has 0 aliphatic carbocycles. The average molecular weight is 257 g/mol. The number of esters is 1. The van der Waals surface area contributed by atoms with Gasteiger partial charge in [-0.25, -0.2) is 9.97 Å². The number of nitrogens with zero attached hydrogens (tertiary/aromatic N) is 2. The molecule has 98 valence electrons. The Labute approximate surface area is 111 Å². The van der Waals surface area contributed by atoms with Crippen molar-refractivity contribution in [1.82, 2.24) is 9.97 Å². The molecule has 0 amide bonds. The molecule has 0 aliphatic rings. The molecule has 1 atom stereocenters. The highest BCUT2D eigenvalue weighted by atomic mass is 16.5. The summed E-state index contributed by atoms with van der Waals surface area (Å²) in [4.78, 5) is 19.5. The van der Waals surface area contributed by atoms with Crippen LogP contribution >= 0.6 is 0 Å². The summed E-state index contributed by atoms with van der Waals surface area (Å²) in [5.41, 5.74) is 7.53. The van der Waals surface area contributed by atoms with E-state index in [1.165, 1.54) is 6.33 Å². The van der Waals surface area contributed by atoms with Crippen molar-refractivity contribution in [2.45, 2.75) is 19.1 Å². The van der Waals surface area contributed by atoms with Crippen molar-refractivity contribution in [3.63, 3.8) is 0 Å². The molecule has 19 heavy (non-hydrogen) atoms. The van der Waals surface area contributed by atoms with E-state index in [1.807, 2.05) is 30.3 Å². The van der Waals surface area contributed by atoms with Crippen LogP contribution in [0.3, 0.4) is 0 Å². The molecule has 2 rings (SSSR count). The van der Waals surface area contributed by atoms with Gasteiger partial charge in [-0.2, -0.15) is 0 Å². The standard InChI is InChI=1S/C14H15N3O2/c15-13(6-12-7-16-10-17-8-12)14(18)19-9-11-4-2-1-3-5-11/h1-5,7-8,10,13H,6,9,15H2/t13-/m1/s1. The highest BCUT2D eigenvalue weighted by molar-refractivity contribution is 5.75. The van der Waals surface area contributed by atoms with E-state index in [4.69, 9.17) is 10.5 Å². The van der Waals surface area contributed by atoms with Crippen LogP contribution in [0.1, 0.15) is 11.1 Å². The lowest BCUT2D eigenvalue weighted by molar-refractivity contribution is -0.146. The molecule has 0 unspecified atom stereocenters. The molecule has 2 aromatic rings. The predicted molar refractivity (Wildman–Crippen MR) is 69.9 cm³/mol. The minimum absolute atomic E-state index is 0.235. The van der Waals surface area contributed by atoms with E-state index >= 15 is 0 Å². The van der Waals surface area contributed by atoms with E-state index in [2.05, 4.69) is 9.97 Å². The number of hydrogen-bond donors (Lipinski definition) is 1. The van der Waals surface area contributed by atoms with Crippen LogP contribution in [0.25, 0.3) is 0 Å². The first kappa shape index (κ1) is 13.2. The number of ether oxygens (including phenoxy) is 1. The smallest absolute Gasteiger partial charge is 0.323 e. The minimum atomic E-state index is -0.699. The van der Waals surface area contributed by atoms with Gasteiger partial charge in [-0.15, -0.1) is 0 Å². The van der Waals surface area contributed by atoms with Crippen LogP contribution in [0.15, 0.2) is 49.1 Å². The predicted octanol–water partition coefficient (Wildman–Crippen LogP) is 1.09. The first-order valence-corrected chi connectivity index (χ1v) is 5.96. The Morgan fingerprint density at radius 3 is 2.53 bits per heavy atom. The van der Waals surface area contributed by atoms with Crippen LogP contribution in [0.5, 0.6) is 0 Å². The van der Waals surface area contributed by atoms with Crippen molar-refractivity contribution in [2.75, 3.05) is 0 Å². The van der Waals surface area contributed by atoms with Gasteiger partial charge in [0, 0.05) is 18.8 Å². The molecule has 0 radical (unpaired) electrons. The lowest BCUT2D eigenvalue weighted by atomic mass is 10.1. The summed E-state index contributed by atoms with van der Waals surface area (Å²) in [5, 5.41) is 0. The zero-order valence-corrected chi connectivity index (χ0v) is 10.4. The van der Waals surface area contributed by atoms with Crippen molar-refractivity contribution < 1.29 is 9.53 Å². The molecule has 0 aliphatic heterocycles. The summed E-state index contributed by atoms with van der Waals surface area (Å²) in [6, 6.07) is 8.78. The molecule has 0 bridgehead atoms. The van der Waals surface area contributed by atoms with Crippen molar-refractivity contribution in [1.29, 1.82) is 0 Å². The van der Waals surface area contributed by atoms with E-state index in [-0.39, 0.29) is 6.61 Å². The van der Waals surface area contributed by atoms with Gasteiger partial charge in [0.15, 0.2) is 0 Å². The molecular formula is C14H15N3O2. The van der Waals surface area contributed by atoms with Gasteiger partial charge < -0.3 is 10.5 Å². The van der Waals surface area contributed by atoms with Gasteiger partial charge in [-0.05, 0) is 11.1 Å². The van der Waals surface area contributed by atoms with E-state index in [0.29, 0.717) is 6.42 Å². The summed E-state index contributed by atoms with van der Waals surface area (Å²) >= 11 is 0. The third-order valence-electron chi connectivity index (χ3n) is 2.60. The summed E-state index contributed by atoms with van der Waals surface area (Å²) in [6.07, 6.45) is 5.08. The maximum absolute atomic E-state index is 11.7. The molecule has 0 spiro atoms. The third kappa shape index (κ3) is 4.15. The topological polar surface area (TPSA) is 78.1 Å². The third-order valence-corrected chi connectivity index (χ3v) is 2.60. The van der Waals surface area contributed by atoms with E-state index in [9.17, 15) is 4.79 Å². The molecular weight excluding hydrogens is 242 g/mol. The lowest BCUT2D eigenvalue weighted by Gasteiger charge is -2.11. The number of carbonyl (C=O) groups is 1. The molecule has 5 nitrogen and oxygen atoms in total. The SMILES string of the molecule is N[C@H](Cc1cncnc1)C(=O)OCc1ccccc1. The second-order valence-corrected chi connectivity index (χ2v) is 4.15. The van der Waals surface area contributed by atoms with Gasteiger partial charge in [0.2, 0.25) is 0 Å². The second kappa shape index (κ2) is 6.61. The average Bonchev–Trinajstić information content (AvgIpc) is 2.47. The number of hydrogen-bond acceptors (Lipinski definition) is 5. The highest BCUT2D eigenvalue weighted by Crippen LogP contribution is 2.04. The number of carbonyl (C=O) groups excluding carboxylic acids is 1. The molecule has 2 N–H and O–H groups in total. The second-order valence-electron chi connectivity index (χ2n) is 4.15. The molecule has 1 aromatic heterocycles. The Morgan fingerprint density at radius 1 is 1.16 bits per heavy atom. The van der Waals surface area contributed by atoms with Crippen LogP contribution in [0, 0.1) is 0 Å². The molecule has 0 fully saturated rings. The molecule has 1 heterocycles. The molecule has 5 heteroatoms. The Balaban J connectivity index is 1.83.